The van der Waals surface area contributed by atoms with E-state index in [1.165, 1.54) is 0 Å². The van der Waals surface area contributed by atoms with Crippen LogP contribution in [0, 0.1) is 17.8 Å². The molecule has 4 N–H and O–H groups in total. The second kappa shape index (κ2) is 8.80. The summed E-state index contributed by atoms with van der Waals surface area (Å²) in [6, 6.07) is -0.333. The normalized spacial score (nSPS) is 17.4. The third-order valence-corrected chi connectivity index (χ3v) is 2.43. The van der Waals surface area contributed by atoms with Gasteiger partial charge < -0.3 is 21.1 Å². The van der Waals surface area contributed by atoms with Gasteiger partial charge in [-0.1, -0.05) is 25.7 Å². The van der Waals surface area contributed by atoms with Crippen molar-refractivity contribution in [3.63, 3.8) is 0 Å². The minimum absolute atomic E-state index is 0.0226. The molecule has 0 aromatic rings. The van der Waals surface area contributed by atoms with Gasteiger partial charge in [0.25, 0.3) is 0 Å². The number of carboxylic acid groups (broad SMARTS) is 1. The van der Waals surface area contributed by atoms with E-state index in [0.717, 1.165) is 0 Å². The highest BCUT2D eigenvalue weighted by Crippen LogP contribution is 2.12. The number of nitrogens with one attached hydrogen (secondary N) is 1. The zero-order chi connectivity index (χ0) is 15.7. The van der Waals surface area contributed by atoms with Crippen molar-refractivity contribution >= 4 is 18.0 Å². The van der Waals surface area contributed by atoms with Gasteiger partial charge in [-0.25, -0.2) is 9.59 Å². The Kier molecular flexibility index (Phi) is 7.82. The largest absolute Gasteiger partial charge is 0.465 e. The zero-order valence-corrected chi connectivity index (χ0v) is 12.3. The van der Waals surface area contributed by atoms with Crippen molar-refractivity contribution in [2.45, 2.75) is 33.7 Å². The number of carbonyl (C=O) groups excluding carboxylic acids is 1. The van der Waals surface area contributed by atoms with Crippen LogP contribution in [0.25, 0.3) is 0 Å². The summed E-state index contributed by atoms with van der Waals surface area (Å²) in [5.74, 6) is 5.29. The van der Waals surface area contributed by atoms with Crippen LogP contribution in [-0.4, -0.2) is 47.1 Å². The predicted octanol–water partition coefficient (Wildman–Crippen LogP) is 1.10. The van der Waals surface area contributed by atoms with Crippen LogP contribution >= 0.6 is 0 Å². The van der Waals surface area contributed by atoms with Crippen molar-refractivity contribution < 1.29 is 14.7 Å². The number of nitrogens with zero attached hydrogens (tertiary/aromatic N) is 2. The first-order valence-corrected chi connectivity index (χ1v) is 6.51. The van der Waals surface area contributed by atoms with Crippen LogP contribution in [0.1, 0.15) is 27.7 Å². The van der Waals surface area contributed by atoms with Crippen LogP contribution in [0.3, 0.4) is 0 Å². The van der Waals surface area contributed by atoms with Gasteiger partial charge in [0.1, 0.15) is 5.84 Å². The van der Waals surface area contributed by atoms with Crippen molar-refractivity contribution in [2.24, 2.45) is 16.6 Å². The lowest BCUT2D eigenvalue weighted by Gasteiger charge is -2.30. The molecule has 0 aromatic heterocycles. The molecule has 0 saturated heterocycles. The van der Waals surface area contributed by atoms with Crippen molar-refractivity contribution in [3.05, 3.63) is 0 Å². The zero-order valence-electron chi connectivity index (χ0n) is 12.3. The van der Waals surface area contributed by atoms with Crippen molar-refractivity contribution in [1.82, 2.24) is 10.2 Å². The molecule has 0 aliphatic carbocycles. The molecule has 0 spiro atoms. The molecule has 112 valence electrons. The molecule has 0 radical (unpaired) electrons. The molecule has 1 aliphatic rings. The van der Waals surface area contributed by atoms with Crippen LogP contribution in [0.2, 0.25) is 0 Å². The molecular weight excluding hydrogens is 260 g/mol. The number of amides is 3. The monoisotopic (exact) mass is 282 g/mol. The number of carbonyl (C=O) groups is 2. The Balaban J connectivity index is 0.00000172. The molecule has 3 amide bonds. The molecule has 0 fully saturated rings. The average molecular weight is 282 g/mol. The number of rotatable bonds is 2. The van der Waals surface area contributed by atoms with E-state index in [-0.39, 0.29) is 30.4 Å². The van der Waals surface area contributed by atoms with E-state index in [1.54, 1.807) is 4.90 Å². The Morgan fingerprint density at radius 1 is 1.60 bits per heavy atom. The summed E-state index contributed by atoms with van der Waals surface area (Å²) in [4.78, 5) is 27.0. The topological polar surface area (TPSA) is 108 Å². The highest BCUT2D eigenvalue weighted by molar-refractivity contribution is 5.98. The molecule has 0 bridgehead atoms. The molecule has 1 rings (SSSR count). The first-order valence-electron chi connectivity index (χ1n) is 6.51. The van der Waals surface area contributed by atoms with E-state index in [1.807, 2.05) is 27.7 Å². The maximum Gasteiger partial charge on any atom is 0.405 e. The average Bonchev–Trinajstić information content (AvgIpc) is 2.38. The highest BCUT2D eigenvalue weighted by Gasteiger charge is 2.27. The second-order valence-corrected chi connectivity index (χ2v) is 4.10. The third-order valence-electron chi connectivity index (χ3n) is 2.43. The van der Waals surface area contributed by atoms with Crippen LogP contribution in [0.15, 0.2) is 4.99 Å². The van der Waals surface area contributed by atoms with Crippen molar-refractivity contribution in [2.75, 3.05) is 13.1 Å². The maximum absolute atomic E-state index is 11.5. The summed E-state index contributed by atoms with van der Waals surface area (Å²) in [5.41, 5.74) is 5.64. The number of urea groups is 1. The third kappa shape index (κ3) is 5.61. The first kappa shape index (κ1) is 17.8. The minimum atomic E-state index is -1.13. The van der Waals surface area contributed by atoms with Gasteiger partial charge in [-0.3, -0.25) is 0 Å². The van der Waals surface area contributed by atoms with E-state index >= 15 is 0 Å². The van der Waals surface area contributed by atoms with Crippen LogP contribution in [0.4, 0.5) is 9.59 Å². The number of amidine groups is 1. The number of aliphatic imine (C=N–C) groups is 1. The standard InChI is InChI=1S/C11H16N4O3.C2H6/c1-7(2)15-6-8(9(12)14-10(15)16)4-3-5-13-11(17)18;1-2/h7-8,13H,5-6H2,1-2H3,(H,17,18)(H2,12,14,16);1-2H3. The summed E-state index contributed by atoms with van der Waals surface area (Å²) in [6.45, 7) is 8.16. The van der Waals surface area contributed by atoms with Crippen molar-refractivity contribution in [3.8, 4) is 11.8 Å². The van der Waals surface area contributed by atoms with Crippen molar-refractivity contribution in [1.29, 1.82) is 0 Å². The molecule has 7 heteroatoms. The number of hydrogen-bond donors (Lipinski definition) is 3. The van der Waals surface area contributed by atoms with Gasteiger partial charge in [0.15, 0.2) is 0 Å². The summed E-state index contributed by atoms with van der Waals surface area (Å²) in [5, 5.41) is 10.5. The lowest BCUT2D eigenvalue weighted by Crippen LogP contribution is -2.47. The van der Waals surface area contributed by atoms with Gasteiger partial charge in [-0.2, -0.15) is 4.99 Å². The van der Waals surface area contributed by atoms with E-state index in [9.17, 15) is 9.59 Å². The van der Waals surface area contributed by atoms with Gasteiger partial charge in [0.2, 0.25) is 0 Å². The number of hydrogen-bond acceptors (Lipinski definition) is 3. The molecule has 1 unspecified atom stereocenters. The van der Waals surface area contributed by atoms with Gasteiger partial charge in [0.05, 0.1) is 12.5 Å². The highest BCUT2D eigenvalue weighted by atomic mass is 16.4. The fraction of sp³-hybridized carbons (Fsp3) is 0.615. The Hall–Kier alpha value is -2.23. The second-order valence-electron chi connectivity index (χ2n) is 4.10. The van der Waals surface area contributed by atoms with E-state index in [2.05, 4.69) is 22.2 Å². The van der Waals surface area contributed by atoms with E-state index in [4.69, 9.17) is 10.8 Å². The van der Waals surface area contributed by atoms with Gasteiger partial charge in [0, 0.05) is 12.6 Å². The lowest BCUT2D eigenvalue weighted by molar-refractivity contribution is 0.187. The van der Waals surface area contributed by atoms with Gasteiger partial charge in [-0.05, 0) is 13.8 Å². The quantitative estimate of drug-likeness (QED) is 0.659. The SMILES string of the molecule is CC.CC(C)N1CC(C#CCNC(=O)O)C(N)=NC1=O. The van der Waals surface area contributed by atoms with E-state index in [0.29, 0.717) is 6.54 Å². The maximum atomic E-state index is 11.5. The number of nitrogens with two attached hydrogens (primary N) is 1. The molecule has 1 aliphatic heterocycles. The van der Waals surface area contributed by atoms with Crippen LogP contribution in [0.5, 0.6) is 0 Å². The van der Waals surface area contributed by atoms with E-state index < -0.39 is 6.09 Å². The lowest BCUT2D eigenvalue weighted by atomic mass is 10.1. The molecule has 0 aromatic carbocycles. The molecular formula is C13H22N4O3. The Bertz CT molecular complexity index is 435. The smallest absolute Gasteiger partial charge is 0.405 e. The molecule has 0 saturated carbocycles. The van der Waals surface area contributed by atoms with Gasteiger partial charge >= 0.3 is 12.1 Å². The Morgan fingerprint density at radius 2 is 2.20 bits per heavy atom. The predicted molar refractivity (Wildman–Crippen MR) is 77.5 cm³/mol. The fourth-order valence-corrected chi connectivity index (χ4v) is 1.47. The minimum Gasteiger partial charge on any atom is -0.465 e. The molecule has 1 heterocycles. The van der Waals surface area contributed by atoms with Gasteiger partial charge in [-0.15, -0.1) is 0 Å². The fourth-order valence-electron chi connectivity index (χ4n) is 1.47. The summed E-state index contributed by atoms with van der Waals surface area (Å²) < 4.78 is 0. The van der Waals surface area contributed by atoms with Crippen LogP contribution < -0.4 is 11.1 Å². The Labute approximate surface area is 119 Å². The summed E-state index contributed by atoms with van der Waals surface area (Å²) in [7, 11) is 0. The summed E-state index contributed by atoms with van der Waals surface area (Å²) >= 11 is 0. The Morgan fingerprint density at radius 3 is 2.70 bits per heavy atom. The molecule has 1 atom stereocenters. The van der Waals surface area contributed by atoms with Crippen LogP contribution in [-0.2, 0) is 0 Å². The first-order chi connectivity index (χ1) is 9.41. The summed E-state index contributed by atoms with van der Waals surface area (Å²) in [6.07, 6.45) is -1.13. The molecule has 20 heavy (non-hydrogen) atoms. The molecule has 7 nitrogen and oxygen atoms in total.